The van der Waals surface area contributed by atoms with Crippen molar-refractivity contribution in [3.63, 3.8) is 0 Å². The number of carbonyl (C=O) groups is 1. The molecule has 1 aliphatic heterocycles. The van der Waals surface area contributed by atoms with Crippen molar-refractivity contribution in [1.29, 1.82) is 0 Å². The molecule has 0 fully saturated rings. The summed E-state index contributed by atoms with van der Waals surface area (Å²) in [4.78, 5) is 14.5. The van der Waals surface area contributed by atoms with Gasteiger partial charge < -0.3 is 4.90 Å². The van der Waals surface area contributed by atoms with E-state index >= 15 is 0 Å². The summed E-state index contributed by atoms with van der Waals surface area (Å²) in [6, 6.07) is 13.4. The molecule has 0 bridgehead atoms. The number of sulfonamides is 1. The summed E-state index contributed by atoms with van der Waals surface area (Å²) in [7, 11) is -3.71. The normalized spacial score (nSPS) is 16.4. The van der Waals surface area contributed by atoms with Crippen molar-refractivity contribution in [3.05, 3.63) is 59.9 Å². The number of carbonyl (C=O) groups excluding carboxylic acids is 1. The maximum Gasteiger partial charge on any atom is 0.232 e. The summed E-state index contributed by atoms with van der Waals surface area (Å²) in [5.74, 6) is -0.808. The van der Waals surface area contributed by atoms with E-state index in [0.717, 1.165) is 28.2 Å². The van der Waals surface area contributed by atoms with E-state index in [0.29, 0.717) is 0 Å². The van der Waals surface area contributed by atoms with Crippen LogP contribution in [0.4, 0.5) is 15.8 Å². The van der Waals surface area contributed by atoms with Crippen LogP contribution in [-0.4, -0.2) is 33.2 Å². The molecule has 2 aromatic carbocycles. The van der Waals surface area contributed by atoms with Crippen molar-refractivity contribution in [1.82, 2.24) is 0 Å². The first-order chi connectivity index (χ1) is 12.3. The number of halogens is 1. The lowest BCUT2D eigenvalue weighted by Gasteiger charge is -2.26. The van der Waals surface area contributed by atoms with Crippen molar-refractivity contribution in [2.45, 2.75) is 25.8 Å². The number of amides is 1. The Morgan fingerprint density at radius 3 is 2.54 bits per heavy atom. The summed E-state index contributed by atoms with van der Waals surface area (Å²) in [6.45, 7) is 1.85. The summed E-state index contributed by atoms with van der Waals surface area (Å²) in [6.07, 6.45) is 1.75. The second-order valence-electron chi connectivity index (χ2n) is 6.48. The number of anilines is 2. The molecule has 1 aliphatic rings. The lowest BCUT2D eigenvalue weighted by atomic mass is 10.1. The standard InChI is InChI=1S/C19H21FN2O3S/c1-14-13-15-7-3-5-9-17(15)22(14)19(23)11-12-21(26(2,24)25)18-10-6-4-8-16(18)20/h3-10,14H,11-13H2,1-2H3. The Morgan fingerprint density at radius 2 is 1.85 bits per heavy atom. The van der Waals surface area contributed by atoms with Gasteiger partial charge in [-0.05, 0) is 37.1 Å². The van der Waals surface area contributed by atoms with Crippen LogP contribution in [0, 0.1) is 5.82 Å². The topological polar surface area (TPSA) is 57.7 Å². The first-order valence-corrected chi connectivity index (χ1v) is 10.3. The third kappa shape index (κ3) is 3.58. The smallest absolute Gasteiger partial charge is 0.232 e. The first-order valence-electron chi connectivity index (χ1n) is 8.41. The van der Waals surface area contributed by atoms with Crippen LogP contribution in [0.2, 0.25) is 0 Å². The minimum atomic E-state index is -3.71. The highest BCUT2D eigenvalue weighted by molar-refractivity contribution is 7.92. The molecule has 7 heteroatoms. The highest BCUT2D eigenvalue weighted by atomic mass is 32.2. The zero-order chi connectivity index (χ0) is 18.9. The molecule has 0 saturated carbocycles. The van der Waals surface area contributed by atoms with Gasteiger partial charge in [0.2, 0.25) is 15.9 Å². The Labute approximate surface area is 153 Å². The van der Waals surface area contributed by atoms with Gasteiger partial charge in [0, 0.05) is 24.7 Å². The van der Waals surface area contributed by atoms with Crippen LogP contribution in [-0.2, 0) is 21.2 Å². The molecule has 1 unspecified atom stereocenters. The van der Waals surface area contributed by atoms with Crippen molar-refractivity contribution in [3.8, 4) is 0 Å². The molecule has 1 heterocycles. The van der Waals surface area contributed by atoms with Crippen molar-refractivity contribution >= 4 is 27.3 Å². The van der Waals surface area contributed by atoms with Crippen molar-refractivity contribution in [2.75, 3.05) is 22.0 Å². The lowest BCUT2D eigenvalue weighted by molar-refractivity contribution is -0.118. The Morgan fingerprint density at radius 1 is 1.19 bits per heavy atom. The fourth-order valence-electron chi connectivity index (χ4n) is 3.38. The third-order valence-corrected chi connectivity index (χ3v) is 5.71. The van der Waals surface area contributed by atoms with Gasteiger partial charge in [-0.3, -0.25) is 9.10 Å². The first kappa shape index (κ1) is 18.4. The van der Waals surface area contributed by atoms with E-state index in [-0.39, 0.29) is 30.6 Å². The molecule has 138 valence electrons. The highest BCUT2D eigenvalue weighted by Gasteiger charge is 2.31. The van der Waals surface area contributed by atoms with Crippen molar-refractivity contribution in [2.24, 2.45) is 0 Å². The molecular weight excluding hydrogens is 355 g/mol. The fourth-order valence-corrected chi connectivity index (χ4v) is 4.31. The van der Waals surface area contributed by atoms with Gasteiger partial charge in [-0.15, -0.1) is 0 Å². The predicted molar refractivity (Wildman–Crippen MR) is 100 cm³/mol. The second kappa shape index (κ2) is 7.07. The minimum absolute atomic E-state index is 0.0139. The minimum Gasteiger partial charge on any atom is -0.309 e. The van der Waals surface area contributed by atoms with Gasteiger partial charge in [0.05, 0.1) is 11.9 Å². The van der Waals surface area contributed by atoms with E-state index in [2.05, 4.69) is 0 Å². The second-order valence-corrected chi connectivity index (χ2v) is 8.39. The van der Waals surface area contributed by atoms with Gasteiger partial charge >= 0.3 is 0 Å². The van der Waals surface area contributed by atoms with E-state index in [1.54, 1.807) is 11.0 Å². The number of benzene rings is 2. The van der Waals surface area contributed by atoms with Crippen LogP contribution >= 0.6 is 0 Å². The number of para-hydroxylation sites is 2. The number of hydrogen-bond acceptors (Lipinski definition) is 3. The van der Waals surface area contributed by atoms with Gasteiger partial charge in [0.1, 0.15) is 5.82 Å². The number of nitrogens with zero attached hydrogens (tertiary/aromatic N) is 2. The highest BCUT2D eigenvalue weighted by Crippen LogP contribution is 2.32. The maximum atomic E-state index is 14.1. The van der Waals surface area contributed by atoms with E-state index in [1.165, 1.54) is 18.2 Å². The van der Waals surface area contributed by atoms with Crippen LogP contribution in [0.15, 0.2) is 48.5 Å². The third-order valence-electron chi connectivity index (χ3n) is 4.53. The van der Waals surface area contributed by atoms with Crippen LogP contribution in [0.3, 0.4) is 0 Å². The predicted octanol–water partition coefficient (Wildman–Crippen LogP) is 2.96. The molecule has 2 aromatic rings. The van der Waals surface area contributed by atoms with Crippen LogP contribution in [0.25, 0.3) is 0 Å². The molecule has 3 rings (SSSR count). The molecule has 0 saturated heterocycles. The molecule has 1 amide bonds. The number of hydrogen-bond donors (Lipinski definition) is 0. The number of fused-ring (bicyclic) bond motifs is 1. The Balaban J connectivity index is 1.80. The van der Waals surface area contributed by atoms with Crippen molar-refractivity contribution < 1.29 is 17.6 Å². The average Bonchev–Trinajstić information content (AvgIpc) is 2.91. The SMILES string of the molecule is CC1Cc2ccccc2N1C(=O)CCN(c1ccccc1F)S(C)(=O)=O. The molecule has 0 N–H and O–H groups in total. The zero-order valence-corrected chi connectivity index (χ0v) is 15.5. The van der Waals surface area contributed by atoms with Crippen LogP contribution in [0.5, 0.6) is 0 Å². The average molecular weight is 376 g/mol. The van der Waals surface area contributed by atoms with Crippen LogP contribution < -0.4 is 9.21 Å². The monoisotopic (exact) mass is 376 g/mol. The Kier molecular flexibility index (Phi) is 5.00. The van der Waals surface area contributed by atoms with E-state index in [9.17, 15) is 17.6 Å². The van der Waals surface area contributed by atoms with Crippen LogP contribution in [0.1, 0.15) is 18.9 Å². The Bertz CT molecular complexity index is 930. The molecule has 0 radical (unpaired) electrons. The summed E-state index contributed by atoms with van der Waals surface area (Å²) in [5.41, 5.74) is 1.92. The van der Waals surface area contributed by atoms with E-state index in [4.69, 9.17) is 0 Å². The fraction of sp³-hybridized carbons (Fsp3) is 0.316. The van der Waals surface area contributed by atoms with E-state index in [1.807, 2.05) is 31.2 Å². The van der Waals surface area contributed by atoms with Gasteiger partial charge in [-0.1, -0.05) is 30.3 Å². The summed E-state index contributed by atoms with van der Waals surface area (Å²) >= 11 is 0. The quantitative estimate of drug-likeness (QED) is 0.806. The molecule has 1 atom stereocenters. The molecule has 0 spiro atoms. The Hall–Kier alpha value is -2.41. The molecule has 0 aromatic heterocycles. The summed E-state index contributed by atoms with van der Waals surface area (Å²) < 4.78 is 39.2. The molecule has 5 nitrogen and oxygen atoms in total. The van der Waals surface area contributed by atoms with Gasteiger partial charge in [0.25, 0.3) is 0 Å². The van der Waals surface area contributed by atoms with Gasteiger partial charge in [-0.25, -0.2) is 12.8 Å². The summed E-state index contributed by atoms with van der Waals surface area (Å²) in [5, 5.41) is 0. The molecule has 26 heavy (non-hydrogen) atoms. The lowest BCUT2D eigenvalue weighted by Crippen LogP contribution is -2.39. The largest absolute Gasteiger partial charge is 0.309 e. The van der Waals surface area contributed by atoms with E-state index < -0.39 is 15.8 Å². The van der Waals surface area contributed by atoms with Gasteiger partial charge in [0.15, 0.2) is 0 Å². The zero-order valence-electron chi connectivity index (χ0n) is 14.7. The molecular formula is C19H21FN2O3S. The molecule has 0 aliphatic carbocycles. The maximum absolute atomic E-state index is 14.1. The van der Waals surface area contributed by atoms with Gasteiger partial charge in [-0.2, -0.15) is 0 Å². The number of rotatable bonds is 5.